The molecule has 2 aromatic heterocycles. The van der Waals surface area contributed by atoms with Gasteiger partial charge in [0.15, 0.2) is 0 Å². The van der Waals surface area contributed by atoms with Crippen molar-refractivity contribution in [3.8, 4) is 0 Å². The van der Waals surface area contributed by atoms with Crippen molar-refractivity contribution in [3.63, 3.8) is 0 Å². The molecule has 168 valence electrons. The monoisotopic (exact) mass is 461 g/mol. The predicted molar refractivity (Wildman–Crippen MR) is 118 cm³/mol. The largest absolute Gasteiger partial charge is 0.393 e. The van der Waals surface area contributed by atoms with E-state index in [0.717, 1.165) is 68.3 Å². The molecule has 32 heavy (non-hydrogen) atoms. The van der Waals surface area contributed by atoms with Gasteiger partial charge in [0.25, 0.3) is 0 Å². The van der Waals surface area contributed by atoms with Gasteiger partial charge in [0.05, 0.1) is 11.8 Å². The number of rotatable bonds is 5. The number of halogens is 3. The highest BCUT2D eigenvalue weighted by Crippen LogP contribution is 2.43. The third-order valence-electron chi connectivity index (χ3n) is 6.41. The second kappa shape index (κ2) is 8.08. The number of fused-ring (bicyclic) bond motifs is 1. The maximum absolute atomic E-state index is 12.8. The smallest absolute Gasteiger partial charge is 0.355 e. The van der Waals surface area contributed by atoms with E-state index >= 15 is 0 Å². The van der Waals surface area contributed by atoms with Gasteiger partial charge in [-0.3, -0.25) is 4.90 Å². The van der Waals surface area contributed by atoms with Gasteiger partial charge in [-0.2, -0.15) is 13.2 Å². The Labute approximate surface area is 187 Å². The highest BCUT2D eigenvalue weighted by Gasteiger charge is 2.44. The van der Waals surface area contributed by atoms with E-state index in [2.05, 4.69) is 24.9 Å². The maximum atomic E-state index is 12.8. The summed E-state index contributed by atoms with van der Waals surface area (Å²) in [6.45, 7) is 4.35. The molecule has 5 rings (SSSR count). The average Bonchev–Trinajstić information content (AvgIpc) is 3.45. The first kappa shape index (κ1) is 21.3. The van der Waals surface area contributed by atoms with Crippen LogP contribution in [0.4, 0.5) is 24.7 Å². The molecule has 0 amide bonds. The van der Waals surface area contributed by atoms with Crippen LogP contribution in [-0.2, 0) is 13.0 Å². The van der Waals surface area contributed by atoms with Gasteiger partial charge < -0.3 is 4.90 Å². The summed E-state index contributed by atoms with van der Waals surface area (Å²) in [5.41, 5.74) is 1.65. The standard InChI is InChI=1S/C22H22F3N5OS/c23-22(24,25)10-17-9-18-19(26-14-27-20(18)32-17)30-7-5-21(13-30)4-6-29(12-21)11-15-2-1-3-16(8-15)28-31/h1-3,8-9,14H,4-7,10-13H2. The molecule has 1 spiro atoms. The van der Waals surface area contributed by atoms with Gasteiger partial charge in [0.1, 0.15) is 22.7 Å². The predicted octanol–water partition coefficient (Wildman–Crippen LogP) is 5.30. The van der Waals surface area contributed by atoms with Crippen LogP contribution in [0.15, 0.2) is 41.8 Å². The SMILES string of the molecule is O=Nc1cccc(CN2CCC3(CCN(c4ncnc5sc(CC(F)(F)F)cc45)C3)C2)c1. The van der Waals surface area contributed by atoms with Crippen molar-refractivity contribution in [3.05, 3.63) is 52.0 Å². The molecule has 4 heterocycles. The van der Waals surface area contributed by atoms with Crippen LogP contribution in [0.25, 0.3) is 10.2 Å². The van der Waals surface area contributed by atoms with Gasteiger partial charge in [0, 0.05) is 36.5 Å². The molecule has 1 unspecified atom stereocenters. The summed E-state index contributed by atoms with van der Waals surface area (Å²) in [6, 6.07) is 8.98. The number of anilines is 1. The van der Waals surface area contributed by atoms with E-state index in [1.54, 1.807) is 12.1 Å². The van der Waals surface area contributed by atoms with Gasteiger partial charge in [-0.15, -0.1) is 16.2 Å². The fourth-order valence-electron chi connectivity index (χ4n) is 5.01. The number of nitroso groups, excluding NO2 is 1. The Morgan fingerprint density at radius 3 is 2.78 bits per heavy atom. The molecular formula is C22H22F3N5OS. The lowest BCUT2D eigenvalue weighted by molar-refractivity contribution is -0.126. The topological polar surface area (TPSA) is 61.7 Å². The Morgan fingerprint density at radius 1 is 1.12 bits per heavy atom. The molecule has 2 aliphatic rings. The summed E-state index contributed by atoms with van der Waals surface area (Å²) in [4.78, 5) is 24.9. The summed E-state index contributed by atoms with van der Waals surface area (Å²) >= 11 is 1.09. The van der Waals surface area contributed by atoms with E-state index in [1.807, 2.05) is 18.2 Å². The van der Waals surface area contributed by atoms with Crippen molar-refractivity contribution in [1.29, 1.82) is 0 Å². The normalized spacial score (nSPS) is 21.8. The second-order valence-electron chi connectivity index (χ2n) is 8.81. The Kier molecular flexibility index (Phi) is 5.37. The lowest BCUT2D eigenvalue weighted by Crippen LogP contribution is -2.31. The van der Waals surface area contributed by atoms with Crippen LogP contribution in [0, 0.1) is 10.3 Å². The Morgan fingerprint density at radius 2 is 1.97 bits per heavy atom. The van der Waals surface area contributed by atoms with E-state index in [4.69, 9.17) is 0 Å². The molecular weight excluding hydrogens is 439 g/mol. The number of likely N-dealkylation sites (tertiary alicyclic amines) is 1. The van der Waals surface area contributed by atoms with Crippen LogP contribution in [0.5, 0.6) is 0 Å². The van der Waals surface area contributed by atoms with Gasteiger partial charge in [-0.1, -0.05) is 12.1 Å². The molecule has 2 saturated heterocycles. The van der Waals surface area contributed by atoms with Crippen molar-refractivity contribution in [2.45, 2.75) is 32.0 Å². The van der Waals surface area contributed by atoms with Crippen LogP contribution in [0.3, 0.4) is 0 Å². The van der Waals surface area contributed by atoms with Gasteiger partial charge >= 0.3 is 6.18 Å². The minimum Gasteiger partial charge on any atom is -0.355 e. The zero-order valence-corrected chi connectivity index (χ0v) is 18.1. The van der Waals surface area contributed by atoms with Crippen LogP contribution < -0.4 is 4.90 Å². The lowest BCUT2D eigenvalue weighted by Gasteiger charge is -2.25. The number of thiophene rings is 1. The number of alkyl halides is 3. The molecule has 1 aromatic carbocycles. The molecule has 6 nitrogen and oxygen atoms in total. The molecule has 10 heteroatoms. The van der Waals surface area contributed by atoms with Crippen molar-refractivity contribution in [1.82, 2.24) is 14.9 Å². The first-order valence-electron chi connectivity index (χ1n) is 10.5. The van der Waals surface area contributed by atoms with Gasteiger partial charge in [-0.25, -0.2) is 9.97 Å². The maximum Gasteiger partial charge on any atom is 0.393 e. The average molecular weight is 462 g/mol. The Hall–Kier alpha value is -2.59. The molecule has 2 fully saturated rings. The van der Waals surface area contributed by atoms with Gasteiger partial charge in [-0.05, 0) is 48.3 Å². The Balaban J connectivity index is 1.30. The third-order valence-corrected chi connectivity index (χ3v) is 7.45. The molecule has 2 aliphatic heterocycles. The van der Waals surface area contributed by atoms with Crippen molar-refractivity contribution < 1.29 is 13.2 Å². The van der Waals surface area contributed by atoms with E-state index in [0.29, 0.717) is 15.9 Å². The third kappa shape index (κ3) is 4.33. The number of nitrogens with zero attached hydrogens (tertiary/aromatic N) is 5. The van der Waals surface area contributed by atoms with Gasteiger partial charge in [0.2, 0.25) is 0 Å². The summed E-state index contributed by atoms with van der Waals surface area (Å²) in [5.74, 6) is 0.736. The first-order chi connectivity index (χ1) is 15.3. The fraction of sp³-hybridized carbons (Fsp3) is 0.455. The van der Waals surface area contributed by atoms with Crippen LogP contribution in [-0.4, -0.2) is 47.2 Å². The summed E-state index contributed by atoms with van der Waals surface area (Å²) < 4.78 is 38.5. The minimum absolute atomic E-state index is 0.141. The van der Waals surface area contributed by atoms with Crippen LogP contribution >= 0.6 is 11.3 Å². The van der Waals surface area contributed by atoms with E-state index in [1.165, 1.54) is 6.33 Å². The lowest BCUT2D eigenvalue weighted by atomic mass is 9.86. The number of aromatic nitrogens is 2. The molecule has 0 aliphatic carbocycles. The quantitative estimate of drug-likeness (QED) is 0.483. The number of hydrogen-bond donors (Lipinski definition) is 0. The van der Waals surface area contributed by atoms with Crippen LogP contribution in [0.2, 0.25) is 0 Å². The van der Waals surface area contributed by atoms with Crippen LogP contribution in [0.1, 0.15) is 23.3 Å². The second-order valence-corrected chi connectivity index (χ2v) is 9.93. The molecule has 0 radical (unpaired) electrons. The highest BCUT2D eigenvalue weighted by molar-refractivity contribution is 7.18. The van der Waals surface area contributed by atoms with E-state index in [9.17, 15) is 18.1 Å². The molecule has 0 bridgehead atoms. The van der Waals surface area contributed by atoms with Crippen molar-refractivity contribution in [2.24, 2.45) is 10.6 Å². The summed E-state index contributed by atoms with van der Waals surface area (Å²) in [7, 11) is 0. The highest BCUT2D eigenvalue weighted by atomic mass is 32.1. The molecule has 0 saturated carbocycles. The summed E-state index contributed by atoms with van der Waals surface area (Å²) in [6.07, 6.45) is -1.64. The molecule has 1 atom stereocenters. The Bertz CT molecular complexity index is 1150. The van der Waals surface area contributed by atoms with E-state index in [-0.39, 0.29) is 10.3 Å². The number of hydrogen-bond acceptors (Lipinski definition) is 7. The zero-order chi connectivity index (χ0) is 22.3. The van der Waals surface area contributed by atoms with Crippen molar-refractivity contribution >= 4 is 33.1 Å². The fourth-order valence-corrected chi connectivity index (χ4v) is 6.03. The summed E-state index contributed by atoms with van der Waals surface area (Å²) in [5, 5.41) is 3.73. The zero-order valence-electron chi connectivity index (χ0n) is 17.3. The minimum atomic E-state index is -4.24. The molecule has 3 aromatic rings. The van der Waals surface area contributed by atoms with E-state index < -0.39 is 12.6 Å². The molecule has 0 N–H and O–H groups in total. The number of benzene rings is 1. The van der Waals surface area contributed by atoms with Crippen molar-refractivity contribution in [2.75, 3.05) is 31.1 Å². The first-order valence-corrected chi connectivity index (χ1v) is 11.3.